The van der Waals surface area contributed by atoms with Gasteiger partial charge in [0.05, 0.1) is 11.1 Å². The van der Waals surface area contributed by atoms with Crippen molar-refractivity contribution in [2.45, 2.75) is 0 Å². The Balaban J connectivity index is -0.000000480. The van der Waals surface area contributed by atoms with Gasteiger partial charge in [0.25, 0.3) is 0 Å². The molecule has 4 nitrogen and oxygen atoms in total. The third kappa shape index (κ3) is 3.18. The summed E-state index contributed by atoms with van der Waals surface area (Å²) < 4.78 is 0. The maximum Gasteiger partial charge on any atom is 1.00 e. The summed E-state index contributed by atoms with van der Waals surface area (Å²) in [5.74, 6) is -2.13. The second-order valence-corrected chi connectivity index (χ2v) is 2.19. The number of carbonyl (C=O) groups is 2. The molecule has 1 rings (SSSR count). The fourth-order valence-electron chi connectivity index (χ4n) is 0.755. The molecular weight excluding hydrogens is 183 g/mol. The third-order valence-corrected chi connectivity index (χ3v) is 1.38. The molecule has 0 aliphatic heterocycles. The van der Waals surface area contributed by atoms with Crippen molar-refractivity contribution in [2.75, 3.05) is 0 Å². The summed E-state index contributed by atoms with van der Waals surface area (Å²) in [5.41, 5.74) is 0.167. The molecule has 0 radical (unpaired) electrons. The first-order chi connectivity index (χ1) is 5.61. The minimum absolute atomic E-state index is 0. The Morgan fingerprint density at radius 2 is 1.15 bits per heavy atom. The molecule has 0 aliphatic rings. The van der Waals surface area contributed by atoms with E-state index in [2.05, 4.69) is 0 Å². The summed E-state index contributed by atoms with van der Waals surface area (Å²) >= 11 is 0. The topological polar surface area (TPSA) is 74.6 Å². The van der Waals surface area contributed by atoms with E-state index in [1.807, 2.05) is 0 Å². The van der Waals surface area contributed by atoms with E-state index in [0.29, 0.717) is 0 Å². The van der Waals surface area contributed by atoms with E-state index in [4.69, 9.17) is 10.2 Å². The Bertz CT molecular complexity index is 293. The van der Waals surface area contributed by atoms with Crippen LogP contribution in [0.2, 0.25) is 0 Å². The number of benzene rings is 1. The van der Waals surface area contributed by atoms with Gasteiger partial charge in [-0.1, -0.05) is 0 Å². The molecule has 13 heavy (non-hydrogen) atoms. The van der Waals surface area contributed by atoms with Crippen LogP contribution in [-0.2, 0) is 0 Å². The molecule has 62 valence electrons. The summed E-state index contributed by atoms with van der Waals surface area (Å²) in [6.45, 7) is 0. The second-order valence-electron chi connectivity index (χ2n) is 2.19. The monoisotopic (exact) mass is 191 g/mol. The zero-order valence-corrected chi connectivity index (χ0v) is 9.02. The summed E-state index contributed by atoms with van der Waals surface area (Å²) in [5, 5.41) is 16.9. The zero-order chi connectivity index (χ0) is 9.14. The average molecular weight is 191 g/mol. The minimum atomic E-state index is -1.06. The molecule has 0 spiro atoms. The van der Waals surface area contributed by atoms with Crippen LogP contribution in [0.3, 0.4) is 0 Å². The van der Waals surface area contributed by atoms with Crippen LogP contribution in [0, 0.1) is 0 Å². The van der Waals surface area contributed by atoms with Gasteiger partial charge >= 0.3 is 44.3 Å². The molecule has 0 amide bonds. The number of hydrogen-bond donors (Lipinski definition) is 2. The molecule has 0 aromatic heterocycles. The Morgan fingerprint density at radius 3 is 1.31 bits per heavy atom. The average Bonchev–Trinajstić information content (AvgIpc) is 2.04. The van der Waals surface area contributed by atoms with Crippen molar-refractivity contribution in [3.05, 3.63) is 35.4 Å². The van der Waals surface area contributed by atoms with Crippen LogP contribution in [0.25, 0.3) is 0 Å². The van der Waals surface area contributed by atoms with E-state index in [9.17, 15) is 9.59 Å². The van der Waals surface area contributed by atoms with E-state index in [0.717, 1.165) is 0 Å². The first-order valence-corrected chi connectivity index (χ1v) is 3.18. The third-order valence-electron chi connectivity index (χ3n) is 1.38. The van der Waals surface area contributed by atoms with Crippen LogP contribution in [0.1, 0.15) is 23.6 Å². The van der Waals surface area contributed by atoms with Gasteiger partial charge in [0.2, 0.25) is 0 Å². The van der Waals surface area contributed by atoms with Crippen LogP contribution in [0.5, 0.6) is 0 Å². The largest absolute Gasteiger partial charge is 1.00 e. The predicted octanol–water partition coefficient (Wildman–Crippen LogP) is -1.69. The van der Waals surface area contributed by atoms with Crippen molar-refractivity contribution in [1.82, 2.24) is 0 Å². The van der Waals surface area contributed by atoms with Crippen molar-refractivity contribution >= 4 is 11.9 Å². The fourth-order valence-corrected chi connectivity index (χ4v) is 0.755. The van der Waals surface area contributed by atoms with Gasteiger partial charge in [-0.25, -0.2) is 9.59 Å². The Hall–Kier alpha value is -0.840. The van der Waals surface area contributed by atoms with E-state index in [1.165, 1.54) is 24.3 Å². The molecule has 0 unspecified atom stereocenters. The van der Waals surface area contributed by atoms with Crippen molar-refractivity contribution in [3.8, 4) is 0 Å². The molecule has 0 atom stereocenters. The van der Waals surface area contributed by atoms with Crippen molar-refractivity contribution in [2.24, 2.45) is 0 Å². The van der Waals surface area contributed by atoms with Crippen molar-refractivity contribution < 1.29 is 52.2 Å². The number of hydrogen-bond acceptors (Lipinski definition) is 2. The van der Waals surface area contributed by atoms with Gasteiger partial charge in [0, 0.05) is 0 Å². The van der Waals surface area contributed by atoms with Crippen LogP contribution in [0.15, 0.2) is 24.3 Å². The van der Waals surface area contributed by atoms with Crippen molar-refractivity contribution in [1.29, 1.82) is 0 Å². The first kappa shape index (κ1) is 12.2. The maximum absolute atomic E-state index is 10.3. The Morgan fingerprint density at radius 1 is 0.923 bits per heavy atom. The molecule has 0 fully saturated rings. The van der Waals surface area contributed by atoms with Crippen LogP contribution in [0.4, 0.5) is 0 Å². The molecule has 0 aliphatic carbocycles. The van der Waals surface area contributed by atoms with Gasteiger partial charge in [-0.2, -0.15) is 0 Å². The number of carboxylic acid groups (broad SMARTS) is 2. The number of rotatable bonds is 2. The Kier molecular flexibility index (Phi) is 4.69. The quantitative estimate of drug-likeness (QED) is 0.547. The summed E-state index contributed by atoms with van der Waals surface area (Å²) in [6.07, 6.45) is 0. The molecule has 1 aromatic carbocycles. The van der Waals surface area contributed by atoms with Gasteiger partial charge in [-0.15, -0.1) is 0 Å². The number of aromatic carboxylic acids is 2. The smallest absolute Gasteiger partial charge is 0.478 e. The van der Waals surface area contributed by atoms with Gasteiger partial charge in [-0.3, -0.25) is 0 Å². The molecule has 5 heteroatoms. The first-order valence-electron chi connectivity index (χ1n) is 3.18. The van der Waals surface area contributed by atoms with E-state index >= 15 is 0 Å². The summed E-state index contributed by atoms with van der Waals surface area (Å²) in [6, 6.07) is 5.02. The van der Waals surface area contributed by atoms with Crippen LogP contribution >= 0.6 is 0 Å². The minimum Gasteiger partial charge on any atom is -0.478 e. The van der Waals surface area contributed by atoms with Gasteiger partial charge < -0.3 is 10.2 Å². The Labute approximate surface area is 99.5 Å². The molecule has 0 heterocycles. The second kappa shape index (κ2) is 5.01. The molecule has 1 aromatic rings. The molecule has 2 N–H and O–H groups in total. The standard InChI is InChI=1S/C8H6O4.Na/c9-7(10)5-1-2-6(4-3-5)8(11)12;/h1-4H,(H,9,10)(H,11,12);/q;+1/p+2. The van der Waals surface area contributed by atoms with Crippen LogP contribution in [-0.4, -0.2) is 22.2 Å². The van der Waals surface area contributed by atoms with Gasteiger partial charge in [0.1, 0.15) is 0 Å². The maximum atomic E-state index is 10.3. The molecular formula is C8H8NaO4+3. The van der Waals surface area contributed by atoms with E-state index in [-0.39, 0.29) is 43.5 Å². The van der Waals surface area contributed by atoms with E-state index in [1.54, 1.807) is 0 Å². The normalized spacial score (nSPS) is 8.62. The summed E-state index contributed by atoms with van der Waals surface area (Å²) in [7, 11) is 0. The van der Waals surface area contributed by atoms with Gasteiger partial charge in [-0.05, 0) is 24.3 Å². The fraction of sp³-hybridized carbons (Fsp3) is 0. The van der Waals surface area contributed by atoms with Gasteiger partial charge in [0.15, 0.2) is 0 Å². The molecule has 0 saturated carbocycles. The van der Waals surface area contributed by atoms with E-state index < -0.39 is 11.9 Å². The molecule has 0 bridgehead atoms. The van der Waals surface area contributed by atoms with Crippen LogP contribution < -0.4 is 29.6 Å². The van der Waals surface area contributed by atoms with Crippen molar-refractivity contribution in [3.63, 3.8) is 0 Å². The SMILES string of the molecule is O=C(O)c1ccc(C(=O)O)cc1.[H+].[H+].[Na+]. The molecule has 0 saturated heterocycles. The number of carboxylic acids is 2. The predicted molar refractivity (Wildman–Crippen MR) is 42.6 cm³/mol. The summed E-state index contributed by atoms with van der Waals surface area (Å²) in [4.78, 5) is 20.7. The zero-order valence-electron chi connectivity index (χ0n) is 9.02.